The molecule has 1 heterocycles. The third kappa shape index (κ3) is 4.04. The average molecular weight is 424 g/mol. The molecular formula is C21H18BrN3S. The van der Waals surface area contributed by atoms with Crippen LogP contribution in [0.1, 0.15) is 21.7 Å². The summed E-state index contributed by atoms with van der Waals surface area (Å²) in [7, 11) is 0. The number of anilines is 1. The molecule has 0 unspecified atom stereocenters. The van der Waals surface area contributed by atoms with Crippen molar-refractivity contribution in [3.05, 3.63) is 74.1 Å². The van der Waals surface area contributed by atoms with Crippen molar-refractivity contribution >= 4 is 38.5 Å². The average Bonchev–Trinajstić information content (AvgIpc) is 3.09. The quantitative estimate of drug-likeness (QED) is 0.488. The Morgan fingerprint density at radius 2 is 1.96 bits per heavy atom. The van der Waals surface area contributed by atoms with E-state index in [9.17, 15) is 5.26 Å². The zero-order valence-corrected chi connectivity index (χ0v) is 17.2. The van der Waals surface area contributed by atoms with Crippen molar-refractivity contribution in [1.82, 2.24) is 4.98 Å². The zero-order chi connectivity index (χ0) is 18.7. The molecule has 3 rings (SSSR count). The molecule has 0 fully saturated rings. The number of aromatic nitrogens is 1. The van der Waals surface area contributed by atoms with Gasteiger partial charge in [0, 0.05) is 21.6 Å². The van der Waals surface area contributed by atoms with Gasteiger partial charge in [-0.25, -0.2) is 4.98 Å². The molecular weight excluding hydrogens is 406 g/mol. The summed E-state index contributed by atoms with van der Waals surface area (Å²) in [5.74, 6) is 0. The molecule has 0 spiro atoms. The topological polar surface area (TPSA) is 48.7 Å². The van der Waals surface area contributed by atoms with Gasteiger partial charge < -0.3 is 5.32 Å². The Bertz CT molecular complexity index is 1030. The van der Waals surface area contributed by atoms with E-state index in [2.05, 4.69) is 64.3 Å². The van der Waals surface area contributed by atoms with Gasteiger partial charge >= 0.3 is 0 Å². The van der Waals surface area contributed by atoms with E-state index in [4.69, 9.17) is 0 Å². The predicted molar refractivity (Wildman–Crippen MR) is 113 cm³/mol. The van der Waals surface area contributed by atoms with Crippen LogP contribution in [-0.4, -0.2) is 4.98 Å². The monoisotopic (exact) mass is 423 g/mol. The normalized spacial score (nSPS) is 11.3. The lowest BCUT2D eigenvalue weighted by atomic mass is 10.1. The second-order valence-corrected chi connectivity index (χ2v) is 7.85. The minimum atomic E-state index is 0.512. The number of hydrogen-bond donors (Lipinski definition) is 1. The first-order valence-electron chi connectivity index (χ1n) is 8.14. The molecule has 0 atom stereocenters. The van der Waals surface area contributed by atoms with Crippen LogP contribution in [0.5, 0.6) is 0 Å². The van der Waals surface area contributed by atoms with Crippen LogP contribution in [0.25, 0.3) is 16.8 Å². The van der Waals surface area contributed by atoms with Crippen molar-refractivity contribution in [3.8, 4) is 17.3 Å². The highest BCUT2D eigenvalue weighted by Crippen LogP contribution is 2.28. The van der Waals surface area contributed by atoms with E-state index >= 15 is 0 Å². The third-order valence-corrected chi connectivity index (χ3v) is 5.69. The summed E-state index contributed by atoms with van der Waals surface area (Å²) in [4.78, 5) is 4.65. The number of allylic oxidation sites excluding steroid dienone is 1. The van der Waals surface area contributed by atoms with Crippen LogP contribution in [0.3, 0.4) is 0 Å². The summed E-state index contributed by atoms with van der Waals surface area (Å²) >= 11 is 5.01. The molecule has 0 bridgehead atoms. The van der Waals surface area contributed by atoms with Crippen LogP contribution in [0.15, 0.2) is 52.5 Å². The van der Waals surface area contributed by atoms with Gasteiger partial charge in [-0.05, 0) is 71.6 Å². The number of nitrogens with zero attached hydrogens (tertiary/aromatic N) is 2. The molecule has 5 heteroatoms. The third-order valence-electron chi connectivity index (χ3n) is 4.15. The highest BCUT2D eigenvalue weighted by Gasteiger charge is 2.10. The fourth-order valence-electron chi connectivity index (χ4n) is 2.46. The number of halogens is 1. The fourth-order valence-corrected chi connectivity index (χ4v) is 3.86. The SMILES string of the molecule is Cc1ccc(NC=C(C#N)c2nc(-c3ccc(C)c(C)c3)cs2)c(Br)c1. The van der Waals surface area contributed by atoms with Gasteiger partial charge in [0.2, 0.25) is 0 Å². The van der Waals surface area contributed by atoms with Crippen LogP contribution in [0, 0.1) is 32.1 Å². The molecule has 1 N–H and O–H groups in total. The Labute approximate surface area is 166 Å². The van der Waals surface area contributed by atoms with Gasteiger partial charge in [-0.2, -0.15) is 5.26 Å². The molecule has 3 aromatic rings. The molecule has 1 aromatic heterocycles. The van der Waals surface area contributed by atoms with Crippen molar-refractivity contribution < 1.29 is 0 Å². The van der Waals surface area contributed by atoms with Gasteiger partial charge in [0.15, 0.2) is 0 Å². The maximum atomic E-state index is 9.53. The van der Waals surface area contributed by atoms with Crippen molar-refractivity contribution in [2.75, 3.05) is 5.32 Å². The summed E-state index contributed by atoms with van der Waals surface area (Å²) < 4.78 is 0.959. The lowest BCUT2D eigenvalue weighted by Crippen LogP contribution is -1.92. The number of nitrogens with one attached hydrogen (secondary N) is 1. The summed E-state index contributed by atoms with van der Waals surface area (Å²) in [5, 5.41) is 15.4. The lowest BCUT2D eigenvalue weighted by Gasteiger charge is -2.05. The molecule has 0 aliphatic carbocycles. The Balaban J connectivity index is 1.86. The van der Waals surface area contributed by atoms with Gasteiger partial charge in [-0.3, -0.25) is 0 Å². The molecule has 0 amide bonds. The van der Waals surface area contributed by atoms with E-state index in [-0.39, 0.29) is 0 Å². The van der Waals surface area contributed by atoms with Crippen molar-refractivity contribution in [3.63, 3.8) is 0 Å². The molecule has 0 saturated heterocycles. The number of hydrogen-bond acceptors (Lipinski definition) is 4. The number of rotatable bonds is 4. The Kier molecular flexibility index (Phi) is 5.55. The second-order valence-electron chi connectivity index (χ2n) is 6.13. The van der Waals surface area contributed by atoms with E-state index in [1.54, 1.807) is 6.20 Å². The van der Waals surface area contributed by atoms with Crippen LogP contribution in [0.4, 0.5) is 5.69 Å². The Hall–Kier alpha value is -2.42. The minimum Gasteiger partial charge on any atom is -0.359 e. The minimum absolute atomic E-state index is 0.512. The first-order chi connectivity index (χ1) is 12.5. The van der Waals surface area contributed by atoms with Crippen molar-refractivity contribution in [2.45, 2.75) is 20.8 Å². The Morgan fingerprint density at radius 3 is 2.65 bits per heavy atom. The second kappa shape index (κ2) is 7.86. The van der Waals surface area contributed by atoms with Crippen LogP contribution in [0.2, 0.25) is 0 Å². The van der Waals surface area contributed by atoms with Crippen molar-refractivity contribution in [1.29, 1.82) is 5.26 Å². The zero-order valence-electron chi connectivity index (χ0n) is 14.8. The van der Waals surface area contributed by atoms with E-state index < -0.39 is 0 Å². The summed E-state index contributed by atoms with van der Waals surface area (Å²) in [6.07, 6.45) is 1.71. The molecule has 26 heavy (non-hydrogen) atoms. The molecule has 130 valence electrons. The van der Waals surface area contributed by atoms with Gasteiger partial charge in [-0.1, -0.05) is 18.2 Å². The summed E-state index contributed by atoms with van der Waals surface area (Å²) in [5.41, 5.74) is 7.05. The standard InChI is InChI=1S/C21H18BrN3S/c1-13-4-7-19(18(22)8-13)24-11-17(10-23)21-25-20(12-26-21)16-6-5-14(2)15(3)9-16/h4-9,11-12,24H,1-3H3. The van der Waals surface area contributed by atoms with Crippen LogP contribution < -0.4 is 5.32 Å². The summed E-state index contributed by atoms with van der Waals surface area (Å²) in [6, 6.07) is 14.6. The number of nitriles is 1. The first-order valence-corrected chi connectivity index (χ1v) is 9.81. The number of thiazole rings is 1. The number of aryl methyl sites for hydroxylation is 3. The Morgan fingerprint density at radius 1 is 1.15 bits per heavy atom. The highest BCUT2D eigenvalue weighted by atomic mass is 79.9. The van der Waals surface area contributed by atoms with Crippen molar-refractivity contribution in [2.24, 2.45) is 0 Å². The summed E-state index contributed by atoms with van der Waals surface area (Å²) in [6.45, 7) is 6.22. The maximum absolute atomic E-state index is 9.53. The van der Waals surface area contributed by atoms with Gasteiger partial charge in [-0.15, -0.1) is 11.3 Å². The van der Waals surface area contributed by atoms with E-state index in [1.165, 1.54) is 28.0 Å². The van der Waals surface area contributed by atoms with Crippen LogP contribution in [-0.2, 0) is 0 Å². The molecule has 2 aromatic carbocycles. The number of benzene rings is 2. The molecule has 3 nitrogen and oxygen atoms in total. The van der Waals surface area contributed by atoms with Gasteiger partial charge in [0.05, 0.1) is 11.4 Å². The first kappa shape index (κ1) is 18.4. The lowest BCUT2D eigenvalue weighted by molar-refractivity contribution is 1.31. The molecule has 0 aliphatic heterocycles. The van der Waals surface area contributed by atoms with E-state index in [0.717, 1.165) is 21.4 Å². The smallest absolute Gasteiger partial charge is 0.136 e. The molecule has 0 radical (unpaired) electrons. The van der Waals surface area contributed by atoms with Crippen LogP contribution >= 0.6 is 27.3 Å². The van der Waals surface area contributed by atoms with Gasteiger partial charge in [0.25, 0.3) is 0 Å². The van der Waals surface area contributed by atoms with E-state index in [1.807, 2.05) is 30.5 Å². The molecule has 0 saturated carbocycles. The molecule has 0 aliphatic rings. The fraction of sp³-hybridized carbons (Fsp3) is 0.143. The predicted octanol–water partition coefficient (Wildman–Crippen LogP) is 6.47. The van der Waals surface area contributed by atoms with E-state index in [0.29, 0.717) is 10.6 Å². The highest BCUT2D eigenvalue weighted by molar-refractivity contribution is 9.10. The maximum Gasteiger partial charge on any atom is 0.136 e. The largest absolute Gasteiger partial charge is 0.359 e. The van der Waals surface area contributed by atoms with Gasteiger partial charge in [0.1, 0.15) is 16.6 Å².